The van der Waals surface area contributed by atoms with Crippen LogP contribution < -0.4 is 10.6 Å². The van der Waals surface area contributed by atoms with Crippen LogP contribution >= 0.6 is 11.6 Å². The van der Waals surface area contributed by atoms with Crippen LogP contribution in [-0.2, 0) is 4.79 Å². The van der Waals surface area contributed by atoms with Gasteiger partial charge in [-0.25, -0.2) is 0 Å². The molecule has 1 fully saturated rings. The number of anilines is 1. The van der Waals surface area contributed by atoms with Gasteiger partial charge in [-0.3, -0.25) is 9.59 Å². The summed E-state index contributed by atoms with van der Waals surface area (Å²) in [6.45, 7) is 0.796. The van der Waals surface area contributed by atoms with E-state index >= 15 is 0 Å². The van der Waals surface area contributed by atoms with Crippen LogP contribution in [0, 0.1) is 0 Å². The van der Waals surface area contributed by atoms with Gasteiger partial charge >= 0.3 is 5.97 Å². The molecule has 0 radical (unpaired) electrons. The molecule has 1 saturated heterocycles. The van der Waals surface area contributed by atoms with Crippen LogP contribution in [0.3, 0.4) is 0 Å². The maximum atomic E-state index is 11.1. The van der Waals surface area contributed by atoms with Gasteiger partial charge in [0, 0.05) is 18.3 Å². The second-order valence-electron chi connectivity index (χ2n) is 4.62. The predicted octanol–water partition coefficient (Wildman–Crippen LogP) is 1.88. The van der Waals surface area contributed by atoms with Crippen molar-refractivity contribution in [2.45, 2.75) is 25.3 Å². The molecule has 1 aliphatic heterocycles. The Hall–Kier alpha value is -1.75. The lowest BCUT2D eigenvalue weighted by Crippen LogP contribution is -2.31. The van der Waals surface area contributed by atoms with Gasteiger partial charge in [-0.15, -0.1) is 0 Å². The first kappa shape index (κ1) is 13.7. The lowest BCUT2D eigenvalue weighted by atomic mass is 10.1. The number of halogens is 1. The maximum Gasteiger partial charge on any atom is 0.305 e. The molecule has 0 bridgehead atoms. The third-order valence-electron chi connectivity index (χ3n) is 3.34. The molecule has 0 aromatic heterocycles. The van der Waals surface area contributed by atoms with Gasteiger partial charge in [0.25, 0.3) is 0 Å². The number of hydrogen-bond donors (Lipinski definition) is 2. The molecule has 19 heavy (non-hydrogen) atoms. The molecule has 0 aliphatic carbocycles. The van der Waals surface area contributed by atoms with Gasteiger partial charge in [0.15, 0.2) is 0 Å². The summed E-state index contributed by atoms with van der Waals surface area (Å²) in [6, 6.07) is 4.98. The standard InChI is InChI=1S/C13H15ClN2O3/c14-11-6-9(3-4-10(11)13(15)19)16-5-1-2-8(16)7-12(17)18/h3-4,6,8H,1-2,5,7H2,(H2,15,19)(H,17,18). The first-order chi connectivity index (χ1) is 8.99. The van der Waals surface area contributed by atoms with Crippen LogP contribution in [0.15, 0.2) is 18.2 Å². The van der Waals surface area contributed by atoms with E-state index in [1.165, 1.54) is 0 Å². The van der Waals surface area contributed by atoms with Crippen molar-refractivity contribution in [3.63, 3.8) is 0 Å². The minimum atomic E-state index is -0.809. The van der Waals surface area contributed by atoms with Gasteiger partial charge in [-0.05, 0) is 31.0 Å². The molecular formula is C13H15ClN2O3. The monoisotopic (exact) mass is 282 g/mol. The summed E-state index contributed by atoms with van der Waals surface area (Å²) in [5.74, 6) is -1.38. The topological polar surface area (TPSA) is 83.6 Å². The van der Waals surface area contributed by atoms with E-state index < -0.39 is 11.9 Å². The summed E-state index contributed by atoms with van der Waals surface area (Å²) in [5, 5.41) is 9.19. The zero-order valence-electron chi connectivity index (χ0n) is 10.3. The number of aliphatic carboxylic acids is 1. The molecule has 5 nitrogen and oxygen atoms in total. The van der Waals surface area contributed by atoms with Crippen molar-refractivity contribution in [3.8, 4) is 0 Å². The van der Waals surface area contributed by atoms with E-state index in [1.54, 1.807) is 18.2 Å². The maximum absolute atomic E-state index is 11.1. The summed E-state index contributed by atoms with van der Waals surface area (Å²) >= 11 is 6.01. The third-order valence-corrected chi connectivity index (χ3v) is 3.65. The molecule has 0 spiro atoms. The Morgan fingerprint density at radius 1 is 1.47 bits per heavy atom. The summed E-state index contributed by atoms with van der Waals surface area (Å²) in [7, 11) is 0. The number of carbonyl (C=O) groups is 2. The number of benzene rings is 1. The van der Waals surface area contributed by atoms with Gasteiger partial charge in [-0.1, -0.05) is 11.6 Å². The predicted molar refractivity (Wildman–Crippen MR) is 72.6 cm³/mol. The SMILES string of the molecule is NC(=O)c1ccc(N2CCCC2CC(=O)O)cc1Cl. The van der Waals surface area contributed by atoms with E-state index in [0.717, 1.165) is 25.1 Å². The lowest BCUT2D eigenvalue weighted by Gasteiger charge is -2.26. The highest BCUT2D eigenvalue weighted by molar-refractivity contribution is 6.34. The normalized spacial score (nSPS) is 18.6. The molecule has 1 aromatic carbocycles. The Morgan fingerprint density at radius 3 is 2.79 bits per heavy atom. The second kappa shape index (κ2) is 5.48. The number of hydrogen-bond acceptors (Lipinski definition) is 3. The quantitative estimate of drug-likeness (QED) is 0.883. The molecule has 1 aromatic rings. The van der Waals surface area contributed by atoms with E-state index in [0.29, 0.717) is 5.02 Å². The van der Waals surface area contributed by atoms with Crippen molar-refractivity contribution in [3.05, 3.63) is 28.8 Å². The van der Waals surface area contributed by atoms with Crippen LogP contribution in [-0.4, -0.2) is 29.6 Å². The zero-order valence-corrected chi connectivity index (χ0v) is 11.1. The first-order valence-electron chi connectivity index (χ1n) is 6.07. The Morgan fingerprint density at radius 2 is 2.21 bits per heavy atom. The fourth-order valence-electron chi connectivity index (χ4n) is 2.47. The highest BCUT2D eigenvalue weighted by atomic mass is 35.5. The number of carboxylic acid groups (broad SMARTS) is 1. The Kier molecular flexibility index (Phi) is 3.95. The fraction of sp³-hybridized carbons (Fsp3) is 0.385. The van der Waals surface area contributed by atoms with E-state index in [2.05, 4.69) is 0 Å². The van der Waals surface area contributed by atoms with Crippen molar-refractivity contribution in [1.82, 2.24) is 0 Å². The van der Waals surface area contributed by atoms with Crippen molar-refractivity contribution in [2.75, 3.05) is 11.4 Å². The molecule has 0 saturated carbocycles. The van der Waals surface area contributed by atoms with Gasteiger partial charge in [0.2, 0.25) is 5.91 Å². The molecule has 102 valence electrons. The highest BCUT2D eigenvalue weighted by Gasteiger charge is 2.27. The molecule has 3 N–H and O–H groups in total. The number of primary amides is 1. The number of carboxylic acids is 1. The molecular weight excluding hydrogens is 268 g/mol. The summed E-state index contributed by atoms with van der Waals surface area (Å²) in [4.78, 5) is 24.0. The largest absolute Gasteiger partial charge is 0.481 e. The number of rotatable bonds is 4. The average Bonchev–Trinajstić information content (AvgIpc) is 2.75. The van der Waals surface area contributed by atoms with E-state index in [4.69, 9.17) is 22.4 Å². The second-order valence-corrected chi connectivity index (χ2v) is 5.02. The van der Waals surface area contributed by atoms with Crippen LogP contribution in [0.4, 0.5) is 5.69 Å². The molecule has 1 heterocycles. The number of nitrogens with two attached hydrogens (primary N) is 1. The molecule has 6 heteroatoms. The number of carbonyl (C=O) groups excluding carboxylic acids is 1. The minimum absolute atomic E-state index is 0.0204. The smallest absolute Gasteiger partial charge is 0.305 e. The van der Waals surface area contributed by atoms with Crippen LogP contribution in [0.1, 0.15) is 29.6 Å². The van der Waals surface area contributed by atoms with Crippen molar-refractivity contribution < 1.29 is 14.7 Å². The van der Waals surface area contributed by atoms with Crippen molar-refractivity contribution >= 4 is 29.2 Å². The van der Waals surface area contributed by atoms with E-state index in [9.17, 15) is 9.59 Å². The van der Waals surface area contributed by atoms with Crippen molar-refractivity contribution in [2.24, 2.45) is 5.73 Å². The lowest BCUT2D eigenvalue weighted by molar-refractivity contribution is -0.137. The van der Waals surface area contributed by atoms with Gasteiger partial charge < -0.3 is 15.7 Å². The number of nitrogens with zero attached hydrogens (tertiary/aromatic N) is 1. The number of amides is 1. The van der Waals surface area contributed by atoms with E-state index in [-0.39, 0.29) is 18.0 Å². The minimum Gasteiger partial charge on any atom is -0.481 e. The average molecular weight is 283 g/mol. The molecule has 1 atom stereocenters. The Labute approximate surface area is 116 Å². The van der Waals surface area contributed by atoms with E-state index in [1.807, 2.05) is 4.90 Å². The van der Waals surface area contributed by atoms with Gasteiger partial charge in [-0.2, -0.15) is 0 Å². The van der Waals surface area contributed by atoms with Gasteiger partial charge in [0.05, 0.1) is 17.0 Å². The van der Waals surface area contributed by atoms with Crippen LogP contribution in [0.25, 0.3) is 0 Å². The Balaban J connectivity index is 2.24. The summed E-state index contributed by atoms with van der Waals surface area (Å²) < 4.78 is 0. The molecule has 1 unspecified atom stereocenters. The zero-order chi connectivity index (χ0) is 14.0. The van der Waals surface area contributed by atoms with Crippen LogP contribution in [0.2, 0.25) is 5.02 Å². The van der Waals surface area contributed by atoms with Crippen LogP contribution in [0.5, 0.6) is 0 Å². The summed E-state index contributed by atoms with van der Waals surface area (Å²) in [6.07, 6.45) is 1.91. The molecule has 1 amide bonds. The summed E-state index contributed by atoms with van der Waals surface area (Å²) in [5.41, 5.74) is 6.31. The Bertz CT molecular complexity index is 519. The fourth-order valence-corrected chi connectivity index (χ4v) is 2.74. The van der Waals surface area contributed by atoms with Gasteiger partial charge in [0.1, 0.15) is 0 Å². The third kappa shape index (κ3) is 2.98. The molecule has 2 rings (SSSR count). The first-order valence-corrected chi connectivity index (χ1v) is 6.44. The van der Waals surface area contributed by atoms with Crippen molar-refractivity contribution in [1.29, 1.82) is 0 Å². The molecule has 1 aliphatic rings. The highest BCUT2D eigenvalue weighted by Crippen LogP contribution is 2.30.